The zero-order valence-corrected chi connectivity index (χ0v) is 7.12. The highest BCUT2D eigenvalue weighted by Crippen LogP contribution is 2.06. The van der Waals surface area contributed by atoms with Crippen LogP contribution in [0.4, 0.5) is 4.39 Å². The Morgan fingerprint density at radius 1 is 1.50 bits per heavy atom. The Labute approximate surface area is 70.6 Å². The summed E-state index contributed by atoms with van der Waals surface area (Å²) in [5.41, 5.74) is 0. The number of aromatic nitrogens is 2. The number of hydrogen-bond acceptors (Lipinski definition) is 3. The van der Waals surface area contributed by atoms with Crippen molar-refractivity contribution < 1.29 is 9.13 Å². The Balaban J connectivity index is 2.52. The van der Waals surface area contributed by atoms with Gasteiger partial charge in [0.05, 0.1) is 12.7 Å². The largest absolute Gasteiger partial charge is 0.477 e. The smallest absolute Gasteiger partial charge is 0.219 e. The summed E-state index contributed by atoms with van der Waals surface area (Å²) in [5.74, 6) is 0.128. The van der Waals surface area contributed by atoms with Crippen LogP contribution in [-0.4, -0.2) is 16.6 Å². The lowest BCUT2D eigenvalue weighted by Crippen LogP contribution is -2.05. The summed E-state index contributed by atoms with van der Waals surface area (Å²) >= 11 is 0. The molecule has 1 aromatic rings. The van der Waals surface area contributed by atoms with Crippen molar-refractivity contribution in [3.8, 4) is 5.88 Å². The number of nitrogens with zero attached hydrogens (tertiary/aromatic N) is 2. The molecule has 0 aliphatic carbocycles. The lowest BCUT2D eigenvalue weighted by Gasteiger charge is -2.06. The van der Waals surface area contributed by atoms with Gasteiger partial charge in [-0.2, -0.15) is 4.39 Å². The molecule has 0 aliphatic heterocycles. The molecule has 0 aliphatic rings. The third-order valence-corrected chi connectivity index (χ3v) is 1.17. The average Bonchev–Trinajstić information content (AvgIpc) is 2.01. The predicted molar refractivity (Wildman–Crippen MR) is 42.3 cm³/mol. The van der Waals surface area contributed by atoms with Gasteiger partial charge >= 0.3 is 0 Å². The zero-order valence-electron chi connectivity index (χ0n) is 7.12. The van der Waals surface area contributed by atoms with Gasteiger partial charge in [-0.15, -0.1) is 0 Å². The first-order valence-electron chi connectivity index (χ1n) is 3.79. The van der Waals surface area contributed by atoms with Crippen LogP contribution >= 0.6 is 0 Å². The van der Waals surface area contributed by atoms with Gasteiger partial charge in [0.2, 0.25) is 11.8 Å². The van der Waals surface area contributed by atoms with Gasteiger partial charge in [0.1, 0.15) is 6.33 Å². The van der Waals surface area contributed by atoms with Gasteiger partial charge in [-0.25, -0.2) is 9.97 Å². The molecule has 1 aromatic heterocycles. The van der Waals surface area contributed by atoms with E-state index in [1.54, 1.807) is 0 Å². The number of ether oxygens (including phenoxy) is 1. The van der Waals surface area contributed by atoms with Crippen molar-refractivity contribution in [2.75, 3.05) is 6.61 Å². The standard InChI is InChI=1S/C8H11FN2O/c1-6(2)4-12-8-3-7(9)10-5-11-8/h3,5-6H,4H2,1-2H3. The van der Waals surface area contributed by atoms with E-state index in [4.69, 9.17) is 4.74 Å². The van der Waals surface area contributed by atoms with E-state index in [2.05, 4.69) is 9.97 Å². The minimum absolute atomic E-state index is 0.288. The molecular formula is C8H11FN2O. The van der Waals surface area contributed by atoms with E-state index in [0.29, 0.717) is 12.5 Å². The average molecular weight is 170 g/mol. The first-order valence-corrected chi connectivity index (χ1v) is 3.79. The van der Waals surface area contributed by atoms with Gasteiger partial charge < -0.3 is 4.74 Å². The van der Waals surface area contributed by atoms with Crippen LogP contribution < -0.4 is 4.74 Å². The summed E-state index contributed by atoms with van der Waals surface area (Å²) in [6.45, 7) is 4.56. The van der Waals surface area contributed by atoms with Crippen LogP contribution in [0.1, 0.15) is 13.8 Å². The molecule has 0 saturated carbocycles. The SMILES string of the molecule is CC(C)COc1cc(F)ncn1. The van der Waals surface area contributed by atoms with Crippen LogP contribution in [0.5, 0.6) is 5.88 Å². The van der Waals surface area contributed by atoms with Gasteiger partial charge in [0, 0.05) is 0 Å². The Kier molecular flexibility index (Phi) is 2.96. The Morgan fingerprint density at radius 3 is 2.83 bits per heavy atom. The van der Waals surface area contributed by atoms with Gasteiger partial charge in [-0.05, 0) is 5.92 Å². The molecule has 0 spiro atoms. The molecule has 0 unspecified atom stereocenters. The molecule has 0 bridgehead atoms. The summed E-state index contributed by atoms with van der Waals surface area (Å²) in [7, 11) is 0. The molecule has 0 saturated heterocycles. The number of rotatable bonds is 3. The molecule has 0 radical (unpaired) electrons. The summed E-state index contributed by atoms with van der Waals surface area (Å²) in [6, 6.07) is 1.17. The van der Waals surface area contributed by atoms with Crippen LogP contribution in [0.15, 0.2) is 12.4 Å². The fourth-order valence-corrected chi connectivity index (χ4v) is 0.648. The highest BCUT2D eigenvalue weighted by Gasteiger charge is 1.99. The first kappa shape index (κ1) is 8.90. The van der Waals surface area contributed by atoms with E-state index in [1.165, 1.54) is 6.07 Å². The van der Waals surface area contributed by atoms with Crippen LogP contribution in [0.3, 0.4) is 0 Å². The van der Waals surface area contributed by atoms with Crippen molar-refractivity contribution in [1.29, 1.82) is 0 Å². The maximum atomic E-state index is 12.5. The van der Waals surface area contributed by atoms with Crippen molar-refractivity contribution in [2.45, 2.75) is 13.8 Å². The van der Waals surface area contributed by atoms with Crippen molar-refractivity contribution in [1.82, 2.24) is 9.97 Å². The first-order chi connectivity index (χ1) is 5.68. The zero-order chi connectivity index (χ0) is 8.97. The molecule has 0 amide bonds. The van der Waals surface area contributed by atoms with Gasteiger partial charge in [0.25, 0.3) is 0 Å². The normalized spacial score (nSPS) is 10.3. The van der Waals surface area contributed by atoms with Crippen molar-refractivity contribution >= 4 is 0 Å². The maximum absolute atomic E-state index is 12.5. The van der Waals surface area contributed by atoms with Gasteiger partial charge in [0.15, 0.2) is 0 Å². The van der Waals surface area contributed by atoms with Crippen molar-refractivity contribution in [3.63, 3.8) is 0 Å². The number of halogens is 1. The van der Waals surface area contributed by atoms with E-state index in [1.807, 2.05) is 13.8 Å². The van der Waals surface area contributed by atoms with Crippen LogP contribution in [-0.2, 0) is 0 Å². The van der Waals surface area contributed by atoms with Crippen molar-refractivity contribution in [2.24, 2.45) is 5.92 Å². The summed E-state index contributed by atoms with van der Waals surface area (Å²) < 4.78 is 17.6. The molecule has 1 heterocycles. The molecular weight excluding hydrogens is 159 g/mol. The predicted octanol–water partition coefficient (Wildman–Crippen LogP) is 1.65. The minimum Gasteiger partial charge on any atom is -0.477 e. The Morgan fingerprint density at radius 2 is 2.25 bits per heavy atom. The lowest BCUT2D eigenvalue weighted by molar-refractivity contribution is 0.259. The maximum Gasteiger partial charge on any atom is 0.219 e. The lowest BCUT2D eigenvalue weighted by atomic mass is 10.2. The van der Waals surface area contributed by atoms with E-state index >= 15 is 0 Å². The third kappa shape index (κ3) is 2.82. The van der Waals surface area contributed by atoms with E-state index in [-0.39, 0.29) is 5.88 Å². The van der Waals surface area contributed by atoms with E-state index < -0.39 is 5.95 Å². The highest BCUT2D eigenvalue weighted by atomic mass is 19.1. The minimum atomic E-state index is -0.566. The van der Waals surface area contributed by atoms with Gasteiger partial charge in [-0.3, -0.25) is 0 Å². The van der Waals surface area contributed by atoms with E-state index in [9.17, 15) is 4.39 Å². The topological polar surface area (TPSA) is 35.0 Å². The highest BCUT2D eigenvalue weighted by molar-refractivity contribution is 5.05. The molecule has 0 atom stereocenters. The number of hydrogen-bond donors (Lipinski definition) is 0. The fourth-order valence-electron chi connectivity index (χ4n) is 0.648. The second kappa shape index (κ2) is 3.99. The molecule has 3 nitrogen and oxygen atoms in total. The van der Waals surface area contributed by atoms with Crippen LogP contribution in [0.25, 0.3) is 0 Å². The summed E-state index contributed by atoms with van der Waals surface area (Å²) in [5, 5.41) is 0. The molecule has 12 heavy (non-hydrogen) atoms. The van der Waals surface area contributed by atoms with Crippen LogP contribution in [0.2, 0.25) is 0 Å². The second-order valence-electron chi connectivity index (χ2n) is 2.88. The van der Waals surface area contributed by atoms with Gasteiger partial charge in [-0.1, -0.05) is 13.8 Å². The quantitative estimate of drug-likeness (QED) is 0.647. The summed E-state index contributed by atoms with van der Waals surface area (Å²) in [6.07, 6.45) is 1.14. The summed E-state index contributed by atoms with van der Waals surface area (Å²) in [4.78, 5) is 7.05. The molecule has 1 rings (SSSR count). The second-order valence-corrected chi connectivity index (χ2v) is 2.88. The third-order valence-electron chi connectivity index (χ3n) is 1.17. The fraction of sp³-hybridized carbons (Fsp3) is 0.500. The molecule has 0 fully saturated rings. The molecule has 66 valence electrons. The van der Waals surface area contributed by atoms with E-state index in [0.717, 1.165) is 6.33 Å². The van der Waals surface area contributed by atoms with Crippen LogP contribution in [0, 0.1) is 11.9 Å². The Hall–Kier alpha value is -1.19. The monoisotopic (exact) mass is 170 g/mol. The molecule has 0 aromatic carbocycles. The Bertz CT molecular complexity index is 253. The molecule has 0 N–H and O–H groups in total. The van der Waals surface area contributed by atoms with Crippen molar-refractivity contribution in [3.05, 3.63) is 18.3 Å². The molecule has 4 heteroatoms.